The van der Waals surface area contributed by atoms with Crippen LogP contribution >= 0.6 is 0 Å². The first-order valence-electron chi connectivity index (χ1n) is 5.17. The lowest BCUT2D eigenvalue weighted by molar-refractivity contribution is -0.124. The van der Waals surface area contributed by atoms with Gasteiger partial charge < -0.3 is 10.1 Å². The molecule has 90 valence electrons. The number of nitrogens with zero attached hydrogens (tertiary/aromatic N) is 1. The van der Waals surface area contributed by atoms with Gasteiger partial charge in [0.15, 0.2) is 0 Å². The summed E-state index contributed by atoms with van der Waals surface area (Å²) in [4.78, 5) is 32.6. The third-order valence-electron chi connectivity index (χ3n) is 2.37. The second-order valence-electron chi connectivity index (χ2n) is 4.11. The Labute approximate surface area is 99.2 Å². The number of carbonyl (C=O) groups is 2. The molecule has 0 aromatic heterocycles. The summed E-state index contributed by atoms with van der Waals surface area (Å²) in [6.07, 6.45) is 0.897. The van der Waals surface area contributed by atoms with E-state index in [0.717, 1.165) is 0 Å². The summed E-state index contributed by atoms with van der Waals surface area (Å²) in [5.74, 6) is -0.295. The lowest BCUT2D eigenvalue weighted by Crippen LogP contribution is -2.48. The summed E-state index contributed by atoms with van der Waals surface area (Å²) in [6, 6.07) is 6.72. The van der Waals surface area contributed by atoms with Gasteiger partial charge in [-0.05, 0) is 23.7 Å². The molecule has 1 N–H and O–H groups in total. The van der Waals surface area contributed by atoms with Crippen molar-refractivity contribution in [3.63, 3.8) is 0 Å². The zero-order valence-corrected chi connectivity index (χ0v) is 9.77. The lowest BCUT2D eigenvalue weighted by Gasteiger charge is -2.24. The second kappa shape index (κ2) is 5.34. The van der Waals surface area contributed by atoms with E-state index in [9.17, 15) is 14.5 Å². The molecule has 0 spiro atoms. The highest BCUT2D eigenvalue weighted by Crippen LogP contribution is 2.22. The highest BCUT2D eigenvalue weighted by molar-refractivity contribution is 5.80. The van der Waals surface area contributed by atoms with Gasteiger partial charge in [-0.25, -0.2) is 0 Å². The number of benzene rings is 1. The van der Waals surface area contributed by atoms with E-state index < -0.39 is 5.54 Å². The van der Waals surface area contributed by atoms with Crippen LogP contribution in [0.2, 0.25) is 0 Å². The summed E-state index contributed by atoms with van der Waals surface area (Å²) in [5, 5.41) is 5.44. The van der Waals surface area contributed by atoms with Crippen LogP contribution in [0.3, 0.4) is 0 Å². The largest absolute Gasteiger partial charge is 0.344 e. The van der Waals surface area contributed by atoms with E-state index in [2.05, 4.69) is 10.5 Å². The molecule has 0 saturated heterocycles. The van der Waals surface area contributed by atoms with Crippen LogP contribution in [0.25, 0.3) is 0 Å². The number of aldehydes is 1. The Hall–Kier alpha value is -2.04. The number of amides is 1. The predicted molar refractivity (Wildman–Crippen MR) is 63.9 cm³/mol. The monoisotopic (exact) mass is 234 g/mol. The molecule has 17 heavy (non-hydrogen) atoms. The molecule has 0 heterocycles. The van der Waals surface area contributed by atoms with Crippen LogP contribution in [0.15, 0.2) is 29.4 Å². The van der Waals surface area contributed by atoms with Gasteiger partial charge in [0.2, 0.25) is 5.91 Å². The average molecular weight is 234 g/mol. The molecule has 5 heteroatoms. The Morgan fingerprint density at radius 1 is 1.47 bits per heavy atom. The molecule has 0 saturated carbocycles. The number of nitroso groups, excluding NO2 is 1. The summed E-state index contributed by atoms with van der Waals surface area (Å²) in [6.45, 7) is 2.94. The molecule has 0 aliphatic rings. The fourth-order valence-corrected chi connectivity index (χ4v) is 1.66. The molecule has 1 unspecified atom stereocenters. The van der Waals surface area contributed by atoms with Crippen molar-refractivity contribution in [3.05, 3.63) is 34.7 Å². The zero-order valence-electron chi connectivity index (χ0n) is 9.77. The van der Waals surface area contributed by atoms with Gasteiger partial charge in [0.05, 0.1) is 5.54 Å². The van der Waals surface area contributed by atoms with E-state index in [-0.39, 0.29) is 18.0 Å². The van der Waals surface area contributed by atoms with Crippen LogP contribution < -0.4 is 5.32 Å². The van der Waals surface area contributed by atoms with E-state index in [4.69, 9.17) is 0 Å². The standard InChI is InChI=1S/C12H14N2O3/c1-9(16)13-12(2,8-15)7-10-5-3-4-6-11(10)14-17/h3-6,8H,7H2,1-2H3,(H,13,16). The van der Waals surface area contributed by atoms with Crippen molar-refractivity contribution in [3.8, 4) is 0 Å². The first-order valence-corrected chi connectivity index (χ1v) is 5.17. The van der Waals surface area contributed by atoms with Crippen LogP contribution in [-0.2, 0) is 16.0 Å². The molecule has 0 aliphatic carbocycles. The van der Waals surface area contributed by atoms with Crippen LogP contribution in [0.1, 0.15) is 19.4 Å². The first-order chi connectivity index (χ1) is 8.00. The Morgan fingerprint density at radius 2 is 2.12 bits per heavy atom. The van der Waals surface area contributed by atoms with Crippen molar-refractivity contribution in [1.29, 1.82) is 0 Å². The minimum atomic E-state index is -1.02. The molecule has 1 rings (SSSR count). The smallest absolute Gasteiger partial charge is 0.217 e. The van der Waals surface area contributed by atoms with Crippen molar-refractivity contribution in [2.24, 2.45) is 5.18 Å². The number of hydrogen-bond donors (Lipinski definition) is 1. The van der Waals surface area contributed by atoms with Gasteiger partial charge in [0, 0.05) is 13.3 Å². The number of nitrogens with one attached hydrogen (secondary N) is 1. The van der Waals surface area contributed by atoms with Gasteiger partial charge in [-0.2, -0.15) is 0 Å². The summed E-state index contributed by atoms with van der Waals surface area (Å²) in [7, 11) is 0. The van der Waals surface area contributed by atoms with E-state index >= 15 is 0 Å². The molecule has 0 bridgehead atoms. The summed E-state index contributed by atoms with van der Waals surface area (Å²) in [5.41, 5.74) is -0.108. The molecule has 0 aliphatic heterocycles. The topological polar surface area (TPSA) is 75.6 Å². The van der Waals surface area contributed by atoms with Gasteiger partial charge in [-0.3, -0.25) is 4.79 Å². The van der Waals surface area contributed by atoms with Gasteiger partial charge in [-0.1, -0.05) is 18.2 Å². The predicted octanol–water partition coefficient (Wildman–Crippen LogP) is 1.72. The third-order valence-corrected chi connectivity index (χ3v) is 2.37. The van der Waals surface area contributed by atoms with Crippen molar-refractivity contribution < 1.29 is 9.59 Å². The highest BCUT2D eigenvalue weighted by Gasteiger charge is 2.26. The van der Waals surface area contributed by atoms with Gasteiger partial charge in [0.25, 0.3) is 0 Å². The van der Waals surface area contributed by atoms with Crippen molar-refractivity contribution in [2.45, 2.75) is 25.8 Å². The van der Waals surface area contributed by atoms with Crippen LogP contribution in [0, 0.1) is 4.91 Å². The van der Waals surface area contributed by atoms with E-state index in [1.807, 2.05) is 0 Å². The third kappa shape index (κ3) is 3.48. The second-order valence-corrected chi connectivity index (χ2v) is 4.11. The van der Waals surface area contributed by atoms with Crippen molar-refractivity contribution in [1.82, 2.24) is 5.32 Å². The molecule has 1 aromatic carbocycles. The molecule has 0 radical (unpaired) electrons. The molecular weight excluding hydrogens is 220 g/mol. The summed E-state index contributed by atoms with van der Waals surface area (Å²) < 4.78 is 0. The minimum absolute atomic E-state index is 0.234. The molecule has 1 aromatic rings. The van der Waals surface area contributed by atoms with Crippen LogP contribution in [-0.4, -0.2) is 17.7 Å². The highest BCUT2D eigenvalue weighted by atomic mass is 16.3. The van der Waals surface area contributed by atoms with Gasteiger partial charge in [0.1, 0.15) is 12.0 Å². The van der Waals surface area contributed by atoms with Crippen LogP contribution in [0.5, 0.6) is 0 Å². The summed E-state index contributed by atoms with van der Waals surface area (Å²) >= 11 is 0. The molecular formula is C12H14N2O3. The molecule has 1 atom stereocenters. The molecule has 1 amide bonds. The van der Waals surface area contributed by atoms with E-state index in [0.29, 0.717) is 11.8 Å². The lowest BCUT2D eigenvalue weighted by atomic mass is 9.93. The minimum Gasteiger partial charge on any atom is -0.344 e. The Morgan fingerprint density at radius 3 is 2.65 bits per heavy atom. The fraction of sp³-hybridized carbons (Fsp3) is 0.333. The van der Waals surface area contributed by atoms with Gasteiger partial charge in [-0.15, -0.1) is 4.91 Å². The fourth-order valence-electron chi connectivity index (χ4n) is 1.66. The number of rotatable bonds is 5. The number of hydrogen-bond acceptors (Lipinski definition) is 4. The van der Waals surface area contributed by atoms with Crippen LogP contribution in [0.4, 0.5) is 5.69 Å². The van der Waals surface area contributed by atoms with E-state index in [1.165, 1.54) is 6.92 Å². The Bertz CT molecular complexity index is 445. The molecule has 0 fully saturated rings. The average Bonchev–Trinajstić information content (AvgIpc) is 2.28. The Kier molecular flexibility index (Phi) is 4.09. The van der Waals surface area contributed by atoms with E-state index in [1.54, 1.807) is 31.2 Å². The Balaban J connectivity index is 2.98. The maximum absolute atomic E-state index is 11.0. The quantitative estimate of drug-likeness (QED) is 0.622. The van der Waals surface area contributed by atoms with Gasteiger partial charge >= 0.3 is 0 Å². The normalized spacial score (nSPS) is 13.5. The zero-order chi connectivity index (χ0) is 12.9. The number of carbonyl (C=O) groups excluding carboxylic acids is 2. The SMILES string of the molecule is CC(=O)NC(C)(C=O)Cc1ccccc1N=O. The maximum Gasteiger partial charge on any atom is 0.217 e. The van der Waals surface area contributed by atoms with Crippen molar-refractivity contribution in [2.75, 3.05) is 0 Å². The first kappa shape index (κ1) is 13.0. The maximum atomic E-state index is 11.0. The van der Waals surface area contributed by atoms with Crippen molar-refractivity contribution >= 4 is 17.9 Å². The molecule has 5 nitrogen and oxygen atoms in total.